The number of hydrogen-bond acceptors (Lipinski definition) is 6. The summed E-state index contributed by atoms with van der Waals surface area (Å²) in [6.07, 6.45) is 1.86. The smallest absolute Gasteiger partial charge is 0.271 e. The number of hydrogen-bond donors (Lipinski definition) is 1. The number of para-hydroxylation sites is 1. The van der Waals surface area contributed by atoms with Crippen molar-refractivity contribution >= 4 is 39.8 Å². The molecule has 1 aliphatic rings. The molecule has 1 aliphatic heterocycles. The summed E-state index contributed by atoms with van der Waals surface area (Å²) < 4.78 is 13.9. The average Bonchev–Trinajstić information content (AvgIpc) is 3.41. The Balaban J connectivity index is 1.20. The van der Waals surface area contributed by atoms with Gasteiger partial charge in [0.2, 0.25) is 0 Å². The molecule has 48 heavy (non-hydrogen) atoms. The summed E-state index contributed by atoms with van der Waals surface area (Å²) in [7, 11) is 0. The fraction of sp³-hybridized carbons (Fsp3) is 0.125. The van der Waals surface area contributed by atoms with Gasteiger partial charge in [-0.2, -0.15) is 0 Å². The van der Waals surface area contributed by atoms with E-state index < -0.39 is 6.04 Å². The molecule has 8 heteroatoms. The minimum Gasteiger partial charge on any atom is -0.494 e. The van der Waals surface area contributed by atoms with E-state index in [1.165, 1.54) is 22.1 Å². The topological polar surface area (TPSA) is 81.9 Å². The van der Waals surface area contributed by atoms with E-state index in [9.17, 15) is 9.59 Å². The summed E-state index contributed by atoms with van der Waals surface area (Å²) in [5.74, 6) is 1.14. The third kappa shape index (κ3) is 6.30. The number of aromatic nitrogens is 1. The van der Waals surface area contributed by atoms with Crippen LogP contribution in [-0.4, -0.2) is 17.1 Å². The number of anilines is 1. The first-order valence-electron chi connectivity index (χ1n) is 15.8. The molecule has 1 atom stereocenters. The lowest BCUT2D eigenvalue weighted by atomic mass is 9.95. The van der Waals surface area contributed by atoms with Crippen molar-refractivity contribution in [3.05, 3.63) is 169 Å². The molecular weight excluding hydrogens is 619 g/mol. The SMILES string of the molecule is CCOc1ccc([C@H]2C(C(=O)Nc3ccccc3)=C(C)N=c3s/c(=C\c4ccc(OCc5cccc6ccccc56)cc4)c(=O)n32)cc1. The lowest BCUT2D eigenvalue weighted by molar-refractivity contribution is -0.113. The molecule has 0 saturated carbocycles. The number of carbonyl (C=O) groups excluding carboxylic acids is 1. The lowest BCUT2D eigenvalue weighted by Gasteiger charge is -2.25. The van der Waals surface area contributed by atoms with Crippen LogP contribution >= 0.6 is 11.3 Å². The monoisotopic (exact) mass is 651 g/mol. The Labute approximate surface area is 281 Å². The van der Waals surface area contributed by atoms with Crippen LogP contribution in [-0.2, 0) is 11.4 Å². The van der Waals surface area contributed by atoms with Gasteiger partial charge in [-0.15, -0.1) is 0 Å². The number of carbonyl (C=O) groups is 1. The fourth-order valence-corrected chi connectivity index (χ4v) is 7.00. The number of fused-ring (bicyclic) bond motifs is 2. The van der Waals surface area contributed by atoms with Gasteiger partial charge in [0, 0.05) is 5.69 Å². The second-order valence-electron chi connectivity index (χ2n) is 11.4. The first-order valence-corrected chi connectivity index (χ1v) is 16.6. The van der Waals surface area contributed by atoms with Crippen LogP contribution in [0.4, 0.5) is 5.69 Å². The largest absolute Gasteiger partial charge is 0.494 e. The molecule has 0 fully saturated rings. The van der Waals surface area contributed by atoms with Crippen molar-refractivity contribution in [3.8, 4) is 11.5 Å². The standard InChI is InChI=1S/C40H33N3O4S/c1-3-46-32-22-18-29(19-23-32)37-36(38(44)42-31-13-5-4-6-14-31)26(2)41-40-43(37)39(45)35(48-40)24-27-16-20-33(21-17-27)47-25-30-12-9-11-28-10-7-8-15-34(28)30/h4-24,37H,3,25H2,1-2H3,(H,42,44)/b35-24-/t37-/m0/s1. The van der Waals surface area contributed by atoms with E-state index in [0.717, 1.165) is 22.4 Å². The van der Waals surface area contributed by atoms with E-state index in [1.807, 2.05) is 117 Å². The van der Waals surface area contributed by atoms with E-state index in [-0.39, 0.29) is 11.5 Å². The van der Waals surface area contributed by atoms with Crippen molar-refractivity contribution < 1.29 is 14.3 Å². The Hall–Kier alpha value is -5.73. The molecule has 0 saturated heterocycles. The van der Waals surface area contributed by atoms with Crippen molar-refractivity contribution in [2.24, 2.45) is 4.99 Å². The van der Waals surface area contributed by atoms with Gasteiger partial charge in [-0.3, -0.25) is 14.2 Å². The Kier molecular flexibility index (Phi) is 8.72. The van der Waals surface area contributed by atoms with Crippen LogP contribution in [0.3, 0.4) is 0 Å². The molecule has 0 spiro atoms. The van der Waals surface area contributed by atoms with Crippen molar-refractivity contribution in [2.45, 2.75) is 26.5 Å². The van der Waals surface area contributed by atoms with Crippen LogP contribution in [0.1, 0.15) is 36.6 Å². The summed E-state index contributed by atoms with van der Waals surface area (Å²) in [6, 6.07) is 38.3. The zero-order valence-electron chi connectivity index (χ0n) is 26.6. The summed E-state index contributed by atoms with van der Waals surface area (Å²) in [6.45, 7) is 4.73. The molecule has 5 aromatic carbocycles. The predicted octanol–water partition coefficient (Wildman–Crippen LogP) is 7.00. The minimum absolute atomic E-state index is 0.216. The Morgan fingerprint density at radius 1 is 0.854 bits per heavy atom. The Bertz CT molecular complexity index is 2320. The van der Waals surface area contributed by atoms with E-state index >= 15 is 0 Å². The second kappa shape index (κ2) is 13.6. The van der Waals surface area contributed by atoms with E-state index in [1.54, 1.807) is 4.57 Å². The van der Waals surface area contributed by atoms with Crippen molar-refractivity contribution in [1.29, 1.82) is 0 Å². The summed E-state index contributed by atoms with van der Waals surface area (Å²) in [5.41, 5.74) is 4.17. The molecule has 0 bridgehead atoms. The van der Waals surface area contributed by atoms with Gasteiger partial charge in [-0.25, -0.2) is 4.99 Å². The maximum atomic E-state index is 14.1. The van der Waals surface area contributed by atoms with Crippen molar-refractivity contribution in [3.63, 3.8) is 0 Å². The lowest BCUT2D eigenvalue weighted by Crippen LogP contribution is -2.40. The zero-order valence-corrected chi connectivity index (χ0v) is 27.4. The van der Waals surface area contributed by atoms with Gasteiger partial charge in [0.1, 0.15) is 18.1 Å². The minimum atomic E-state index is -0.673. The van der Waals surface area contributed by atoms with Crippen LogP contribution < -0.4 is 29.7 Å². The molecule has 1 aromatic heterocycles. The first kappa shape index (κ1) is 30.9. The first-order chi connectivity index (χ1) is 23.5. The van der Waals surface area contributed by atoms with Gasteiger partial charge in [0.05, 0.1) is 28.5 Å². The Morgan fingerprint density at radius 2 is 1.54 bits per heavy atom. The van der Waals surface area contributed by atoms with Crippen LogP contribution in [0.2, 0.25) is 0 Å². The fourth-order valence-electron chi connectivity index (χ4n) is 5.95. The number of benzene rings is 5. The molecule has 1 N–H and O–H groups in total. The highest BCUT2D eigenvalue weighted by Gasteiger charge is 2.32. The number of nitrogens with one attached hydrogen (secondary N) is 1. The number of rotatable bonds is 9. The summed E-state index contributed by atoms with van der Waals surface area (Å²) >= 11 is 1.31. The number of amides is 1. The molecule has 7 nitrogen and oxygen atoms in total. The van der Waals surface area contributed by atoms with E-state index in [4.69, 9.17) is 14.5 Å². The zero-order chi connectivity index (χ0) is 33.0. The van der Waals surface area contributed by atoms with Crippen LogP contribution in [0.5, 0.6) is 11.5 Å². The predicted molar refractivity (Wildman–Crippen MR) is 191 cm³/mol. The van der Waals surface area contributed by atoms with Crippen LogP contribution in [0.25, 0.3) is 16.8 Å². The van der Waals surface area contributed by atoms with Crippen LogP contribution in [0, 0.1) is 0 Å². The highest BCUT2D eigenvalue weighted by molar-refractivity contribution is 7.07. The number of allylic oxidation sites excluding steroid dienone is 1. The molecule has 1 amide bonds. The van der Waals surface area contributed by atoms with Gasteiger partial charge in [0.25, 0.3) is 11.5 Å². The Morgan fingerprint density at radius 3 is 2.31 bits per heavy atom. The quantitative estimate of drug-likeness (QED) is 0.183. The summed E-state index contributed by atoms with van der Waals surface area (Å²) in [5, 5.41) is 5.34. The van der Waals surface area contributed by atoms with Crippen LogP contribution in [0.15, 0.2) is 142 Å². The molecule has 0 unspecified atom stereocenters. The van der Waals surface area contributed by atoms with E-state index in [0.29, 0.717) is 45.3 Å². The number of nitrogens with zero attached hydrogens (tertiary/aromatic N) is 2. The average molecular weight is 652 g/mol. The van der Waals surface area contributed by atoms with Gasteiger partial charge in [-0.1, -0.05) is 96.3 Å². The van der Waals surface area contributed by atoms with Gasteiger partial charge >= 0.3 is 0 Å². The maximum Gasteiger partial charge on any atom is 0.271 e. The highest BCUT2D eigenvalue weighted by atomic mass is 32.1. The number of ether oxygens (including phenoxy) is 2. The van der Waals surface area contributed by atoms with Gasteiger partial charge < -0.3 is 14.8 Å². The molecule has 0 aliphatic carbocycles. The third-order valence-corrected chi connectivity index (χ3v) is 9.24. The third-order valence-electron chi connectivity index (χ3n) is 8.26. The van der Waals surface area contributed by atoms with Crippen molar-refractivity contribution in [2.75, 3.05) is 11.9 Å². The maximum absolute atomic E-state index is 14.1. The molecule has 7 rings (SSSR count). The molecular formula is C40H33N3O4S. The van der Waals surface area contributed by atoms with Crippen molar-refractivity contribution in [1.82, 2.24) is 4.57 Å². The summed E-state index contributed by atoms with van der Waals surface area (Å²) in [4.78, 5) is 33.2. The normalized spacial score (nSPS) is 14.4. The number of thiazole rings is 1. The van der Waals surface area contributed by atoms with Gasteiger partial charge in [-0.05, 0) is 83.8 Å². The molecule has 238 valence electrons. The van der Waals surface area contributed by atoms with E-state index in [2.05, 4.69) is 29.6 Å². The molecule has 6 aromatic rings. The van der Waals surface area contributed by atoms with Gasteiger partial charge in [0.15, 0.2) is 4.80 Å². The second-order valence-corrected chi connectivity index (χ2v) is 12.4. The molecule has 0 radical (unpaired) electrons. The highest BCUT2D eigenvalue weighted by Crippen LogP contribution is 2.32. The molecule has 2 heterocycles.